The summed E-state index contributed by atoms with van der Waals surface area (Å²) in [6.07, 6.45) is 0.535. The Morgan fingerprint density at radius 1 is 1.48 bits per heavy atom. The second-order valence-electron chi connectivity index (χ2n) is 4.42. The highest BCUT2D eigenvalue weighted by Gasteiger charge is 2.17. The van der Waals surface area contributed by atoms with E-state index in [2.05, 4.69) is 4.74 Å². The van der Waals surface area contributed by atoms with E-state index in [0.717, 1.165) is 5.56 Å². The lowest BCUT2D eigenvalue weighted by Gasteiger charge is -2.09. The van der Waals surface area contributed by atoms with Gasteiger partial charge in [0, 0.05) is 5.56 Å². The summed E-state index contributed by atoms with van der Waals surface area (Å²) in [5, 5.41) is 0. The van der Waals surface area contributed by atoms with Crippen molar-refractivity contribution in [3.8, 4) is 0 Å². The smallest absolute Gasteiger partial charge is 0.374 e. The van der Waals surface area contributed by atoms with Crippen LogP contribution >= 0.6 is 11.8 Å². The van der Waals surface area contributed by atoms with E-state index in [1.165, 1.54) is 7.11 Å². The first kappa shape index (κ1) is 17.6. The van der Waals surface area contributed by atoms with Crippen LogP contribution in [0.25, 0.3) is 0 Å². The average Bonchev–Trinajstić information content (AvgIpc) is 2.83. The molecular formula is C14H21NO5S. The van der Waals surface area contributed by atoms with Crippen molar-refractivity contribution in [2.45, 2.75) is 32.1 Å². The van der Waals surface area contributed by atoms with Crippen LogP contribution in [0.3, 0.4) is 0 Å². The first-order chi connectivity index (χ1) is 9.99. The number of aryl methyl sites for hydroxylation is 1. The Morgan fingerprint density at radius 2 is 2.19 bits per heavy atom. The maximum Gasteiger partial charge on any atom is 0.374 e. The first-order valence-corrected chi connectivity index (χ1v) is 7.82. The van der Waals surface area contributed by atoms with Crippen LogP contribution in [0.2, 0.25) is 0 Å². The van der Waals surface area contributed by atoms with Gasteiger partial charge in [-0.25, -0.2) is 4.79 Å². The summed E-state index contributed by atoms with van der Waals surface area (Å²) >= 11 is 1.58. The quantitative estimate of drug-likeness (QED) is 0.578. The monoisotopic (exact) mass is 315 g/mol. The van der Waals surface area contributed by atoms with Crippen molar-refractivity contribution in [3.05, 3.63) is 23.2 Å². The second-order valence-corrected chi connectivity index (χ2v) is 5.52. The second kappa shape index (κ2) is 8.74. The van der Waals surface area contributed by atoms with Crippen LogP contribution in [0, 0.1) is 6.92 Å². The molecule has 0 aromatic carbocycles. The van der Waals surface area contributed by atoms with Crippen LogP contribution in [-0.2, 0) is 20.0 Å². The zero-order valence-electron chi connectivity index (χ0n) is 12.5. The fourth-order valence-electron chi connectivity index (χ4n) is 1.66. The van der Waals surface area contributed by atoms with Crippen molar-refractivity contribution < 1.29 is 23.5 Å². The van der Waals surface area contributed by atoms with E-state index in [4.69, 9.17) is 14.9 Å². The van der Waals surface area contributed by atoms with E-state index in [1.807, 2.05) is 6.07 Å². The van der Waals surface area contributed by atoms with Gasteiger partial charge in [-0.15, -0.1) is 0 Å². The SMILES string of the molecule is CCOC(=O)C(N)CCSCc1cc(C)c(C(=O)OC)o1. The topological polar surface area (TPSA) is 91.8 Å². The van der Waals surface area contributed by atoms with Gasteiger partial charge in [-0.3, -0.25) is 4.79 Å². The van der Waals surface area contributed by atoms with Gasteiger partial charge in [0.1, 0.15) is 11.8 Å². The molecule has 1 aromatic rings. The minimum atomic E-state index is -0.596. The van der Waals surface area contributed by atoms with Crippen molar-refractivity contribution in [2.75, 3.05) is 19.5 Å². The van der Waals surface area contributed by atoms with Crippen LogP contribution in [0.4, 0.5) is 0 Å². The summed E-state index contributed by atoms with van der Waals surface area (Å²) < 4.78 is 14.9. The van der Waals surface area contributed by atoms with Gasteiger partial charge in [-0.2, -0.15) is 11.8 Å². The number of hydrogen-bond acceptors (Lipinski definition) is 7. The molecular weight excluding hydrogens is 294 g/mol. The molecule has 6 nitrogen and oxygen atoms in total. The lowest BCUT2D eigenvalue weighted by atomic mass is 10.2. The van der Waals surface area contributed by atoms with Gasteiger partial charge in [0.05, 0.1) is 19.5 Å². The van der Waals surface area contributed by atoms with E-state index in [0.29, 0.717) is 30.3 Å². The number of hydrogen-bond donors (Lipinski definition) is 1. The number of carbonyl (C=O) groups is 2. The molecule has 1 heterocycles. The minimum absolute atomic E-state index is 0.233. The molecule has 0 radical (unpaired) electrons. The molecule has 0 bridgehead atoms. The predicted molar refractivity (Wildman–Crippen MR) is 80.2 cm³/mol. The maximum atomic E-state index is 11.4. The molecule has 0 aliphatic heterocycles. The highest BCUT2D eigenvalue weighted by molar-refractivity contribution is 7.98. The lowest BCUT2D eigenvalue weighted by Crippen LogP contribution is -2.32. The fraction of sp³-hybridized carbons (Fsp3) is 0.571. The third-order valence-corrected chi connectivity index (χ3v) is 3.76. The first-order valence-electron chi connectivity index (χ1n) is 6.67. The summed E-state index contributed by atoms with van der Waals surface area (Å²) in [5.74, 6) is 1.38. The molecule has 0 fully saturated rings. The van der Waals surface area contributed by atoms with Gasteiger partial charge in [-0.05, 0) is 32.1 Å². The highest BCUT2D eigenvalue weighted by Crippen LogP contribution is 2.20. The Hall–Kier alpha value is -1.47. The molecule has 0 saturated carbocycles. The minimum Gasteiger partial charge on any atom is -0.465 e. The fourth-order valence-corrected chi connectivity index (χ4v) is 2.57. The number of carbonyl (C=O) groups excluding carboxylic acids is 2. The number of esters is 2. The number of rotatable bonds is 8. The van der Waals surface area contributed by atoms with Crippen molar-refractivity contribution in [1.82, 2.24) is 0 Å². The Morgan fingerprint density at radius 3 is 2.81 bits per heavy atom. The third kappa shape index (κ3) is 5.43. The van der Waals surface area contributed by atoms with Crippen molar-refractivity contribution in [3.63, 3.8) is 0 Å². The average molecular weight is 315 g/mol. The molecule has 7 heteroatoms. The highest BCUT2D eigenvalue weighted by atomic mass is 32.2. The number of thioether (sulfide) groups is 1. The van der Waals surface area contributed by atoms with Crippen molar-refractivity contribution in [2.24, 2.45) is 5.73 Å². The Labute approximate surface area is 128 Å². The van der Waals surface area contributed by atoms with E-state index < -0.39 is 12.0 Å². The molecule has 118 valence electrons. The van der Waals surface area contributed by atoms with Crippen LogP contribution in [0.5, 0.6) is 0 Å². The molecule has 1 aromatic heterocycles. The maximum absolute atomic E-state index is 11.4. The molecule has 0 amide bonds. The third-order valence-electron chi connectivity index (χ3n) is 2.75. The van der Waals surface area contributed by atoms with Gasteiger partial charge in [-0.1, -0.05) is 0 Å². The van der Waals surface area contributed by atoms with Crippen LogP contribution in [0.15, 0.2) is 10.5 Å². The summed E-state index contributed by atoms with van der Waals surface area (Å²) in [6, 6.07) is 1.21. The summed E-state index contributed by atoms with van der Waals surface area (Å²) in [7, 11) is 1.31. The molecule has 0 saturated heterocycles. The molecule has 1 atom stereocenters. The van der Waals surface area contributed by atoms with E-state index >= 15 is 0 Å². The Bertz CT molecular complexity index is 486. The molecule has 1 unspecified atom stereocenters. The normalized spacial score (nSPS) is 12.0. The molecule has 1 rings (SSSR count). The van der Waals surface area contributed by atoms with E-state index in [1.54, 1.807) is 25.6 Å². The van der Waals surface area contributed by atoms with E-state index in [-0.39, 0.29) is 11.7 Å². The number of nitrogens with two attached hydrogens (primary N) is 1. The van der Waals surface area contributed by atoms with Crippen LogP contribution < -0.4 is 5.73 Å². The van der Waals surface area contributed by atoms with Crippen LogP contribution in [0.1, 0.15) is 35.2 Å². The largest absolute Gasteiger partial charge is 0.465 e. The molecule has 0 aliphatic rings. The van der Waals surface area contributed by atoms with Crippen LogP contribution in [-0.4, -0.2) is 37.4 Å². The van der Waals surface area contributed by atoms with Gasteiger partial charge in [0.2, 0.25) is 5.76 Å². The molecule has 21 heavy (non-hydrogen) atoms. The van der Waals surface area contributed by atoms with Gasteiger partial charge in [0.15, 0.2) is 0 Å². The van der Waals surface area contributed by atoms with Gasteiger partial charge >= 0.3 is 11.9 Å². The number of ether oxygens (including phenoxy) is 2. The standard InChI is InChI=1S/C14H21NO5S/c1-4-19-13(16)11(15)5-6-21-8-10-7-9(2)12(20-10)14(17)18-3/h7,11H,4-6,8,15H2,1-3H3. The zero-order chi connectivity index (χ0) is 15.8. The summed E-state index contributed by atoms with van der Waals surface area (Å²) in [4.78, 5) is 22.7. The summed E-state index contributed by atoms with van der Waals surface area (Å²) in [6.45, 7) is 3.87. The number of methoxy groups -OCH3 is 1. The van der Waals surface area contributed by atoms with Crippen molar-refractivity contribution >= 4 is 23.7 Å². The molecule has 0 spiro atoms. The van der Waals surface area contributed by atoms with Crippen molar-refractivity contribution in [1.29, 1.82) is 0 Å². The number of furan rings is 1. The Balaban J connectivity index is 2.36. The molecule has 2 N–H and O–H groups in total. The summed E-state index contributed by atoms with van der Waals surface area (Å²) in [5.41, 5.74) is 6.45. The lowest BCUT2D eigenvalue weighted by molar-refractivity contribution is -0.144. The molecule has 0 aliphatic carbocycles. The Kier molecular flexibility index (Phi) is 7.31. The van der Waals surface area contributed by atoms with E-state index in [9.17, 15) is 9.59 Å². The predicted octanol–water partition coefficient (Wildman–Crippen LogP) is 1.89. The zero-order valence-corrected chi connectivity index (χ0v) is 13.3. The van der Waals surface area contributed by atoms with Gasteiger partial charge in [0.25, 0.3) is 0 Å². The van der Waals surface area contributed by atoms with Gasteiger partial charge < -0.3 is 19.6 Å².